The number of nitrogens with zero attached hydrogens (tertiary/aromatic N) is 2. The third-order valence-electron chi connectivity index (χ3n) is 2.78. The van der Waals surface area contributed by atoms with Crippen LogP contribution in [0.4, 0.5) is 0 Å². The second kappa shape index (κ2) is 6.36. The molecule has 1 aliphatic rings. The molecule has 4 heteroatoms. The van der Waals surface area contributed by atoms with Gasteiger partial charge in [0.05, 0.1) is 0 Å². The summed E-state index contributed by atoms with van der Waals surface area (Å²) in [4.78, 5) is 8.77. The van der Waals surface area contributed by atoms with Gasteiger partial charge in [-0.25, -0.2) is 9.97 Å². The third-order valence-corrected chi connectivity index (χ3v) is 3.69. The number of nitrogens with one attached hydrogen (secondary N) is 1. The van der Waals surface area contributed by atoms with Crippen molar-refractivity contribution in [2.45, 2.75) is 50.9 Å². The first kappa shape index (κ1) is 12.8. The molecule has 1 aliphatic carbocycles. The van der Waals surface area contributed by atoms with Crippen LogP contribution in [0.3, 0.4) is 0 Å². The molecule has 0 unspecified atom stereocenters. The molecule has 1 heterocycles. The van der Waals surface area contributed by atoms with Gasteiger partial charge in [-0.05, 0) is 25.2 Å². The topological polar surface area (TPSA) is 37.8 Å². The van der Waals surface area contributed by atoms with Gasteiger partial charge in [0.25, 0.3) is 0 Å². The van der Waals surface area contributed by atoms with Gasteiger partial charge in [0.2, 0.25) is 0 Å². The van der Waals surface area contributed by atoms with E-state index in [0.717, 1.165) is 29.4 Å². The molecule has 1 aromatic heterocycles. The molecule has 0 atom stereocenters. The molecule has 3 nitrogen and oxygen atoms in total. The highest BCUT2D eigenvalue weighted by molar-refractivity contribution is 7.99. The summed E-state index contributed by atoms with van der Waals surface area (Å²) in [7, 11) is 0. The van der Waals surface area contributed by atoms with Crippen molar-refractivity contribution in [3.8, 4) is 0 Å². The largest absolute Gasteiger partial charge is 0.310 e. The Bertz CT molecular complexity index is 333. The first-order chi connectivity index (χ1) is 8.24. The van der Waals surface area contributed by atoms with Crippen molar-refractivity contribution in [3.05, 3.63) is 18.0 Å². The highest BCUT2D eigenvalue weighted by Crippen LogP contribution is 2.19. The SMILES string of the molecule is CC(C)CCSc1ncc(CNC2CC2)cn1. The van der Waals surface area contributed by atoms with Crippen molar-refractivity contribution in [1.29, 1.82) is 0 Å². The van der Waals surface area contributed by atoms with Gasteiger partial charge in [-0.2, -0.15) is 0 Å². The van der Waals surface area contributed by atoms with Crippen molar-refractivity contribution in [1.82, 2.24) is 15.3 Å². The molecule has 1 fully saturated rings. The Hall–Kier alpha value is -0.610. The van der Waals surface area contributed by atoms with Gasteiger partial charge in [-0.15, -0.1) is 0 Å². The van der Waals surface area contributed by atoms with Gasteiger partial charge < -0.3 is 5.32 Å². The van der Waals surface area contributed by atoms with Gasteiger partial charge in [-0.1, -0.05) is 25.6 Å². The van der Waals surface area contributed by atoms with Crippen LogP contribution in [0.1, 0.15) is 38.7 Å². The Balaban J connectivity index is 1.72. The van der Waals surface area contributed by atoms with Crippen LogP contribution in [-0.4, -0.2) is 21.8 Å². The van der Waals surface area contributed by atoms with Crippen molar-refractivity contribution >= 4 is 11.8 Å². The monoisotopic (exact) mass is 251 g/mol. The van der Waals surface area contributed by atoms with Gasteiger partial charge in [0.1, 0.15) is 0 Å². The first-order valence-electron chi connectivity index (χ1n) is 6.41. The second-order valence-electron chi connectivity index (χ2n) is 5.06. The maximum absolute atomic E-state index is 4.39. The molecule has 0 aromatic carbocycles. The van der Waals surface area contributed by atoms with Crippen LogP contribution in [0.5, 0.6) is 0 Å². The zero-order valence-electron chi connectivity index (χ0n) is 10.6. The van der Waals surface area contributed by atoms with Crippen molar-refractivity contribution in [2.75, 3.05) is 5.75 Å². The molecule has 0 amide bonds. The average molecular weight is 251 g/mol. The van der Waals surface area contributed by atoms with E-state index in [1.54, 1.807) is 11.8 Å². The summed E-state index contributed by atoms with van der Waals surface area (Å²) in [6, 6.07) is 0.745. The lowest BCUT2D eigenvalue weighted by atomic mass is 10.2. The van der Waals surface area contributed by atoms with E-state index < -0.39 is 0 Å². The molecule has 2 rings (SSSR count). The normalized spacial score (nSPS) is 15.5. The molecule has 94 valence electrons. The van der Waals surface area contributed by atoms with Crippen molar-refractivity contribution < 1.29 is 0 Å². The van der Waals surface area contributed by atoms with E-state index in [0.29, 0.717) is 0 Å². The van der Waals surface area contributed by atoms with Crippen LogP contribution in [0.25, 0.3) is 0 Å². The van der Waals surface area contributed by atoms with Crippen LogP contribution < -0.4 is 5.32 Å². The van der Waals surface area contributed by atoms with Gasteiger partial charge in [0.15, 0.2) is 5.16 Å². The van der Waals surface area contributed by atoms with E-state index >= 15 is 0 Å². The molecular weight excluding hydrogens is 230 g/mol. The minimum Gasteiger partial charge on any atom is -0.310 e. The van der Waals surface area contributed by atoms with E-state index in [1.807, 2.05) is 12.4 Å². The quantitative estimate of drug-likeness (QED) is 0.597. The molecule has 1 aromatic rings. The number of rotatable bonds is 7. The molecule has 0 bridgehead atoms. The summed E-state index contributed by atoms with van der Waals surface area (Å²) in [6.45, 7) is 5.39. The van der Waals surface area contributed by atoms with E-state index in [2.05, 4.69) is 29.1 Å². The van der Waals surface area contributed by atoms with Crippen LogP contribution in [0.15, 0.2) is 17.6 Å². The molecule has 17 heavy (non-hydrogen) atoms. The Morgan fingerprint density at radius 1 is 1.35 bits per heavy atom. The fraction of sp³-hybridized carbons (Fsp3) is 0.692. The predicted octanol–water partition coefficient (Wildman–Crippen LogP) is 2.87. The Morgan fingerprint density at radius 3 is 2.65 bits per heavy atom. The summed E-state index contributed by atoms with van der Waals surface area (Å²) in [5.41, 5.74) is 1.19. The maximum Gasteiger partial charge on any atom is 0.187 e. The Kier molecular flexibility index (Phi) is 4.80. The maximum atomic E-state index is 4.39. The number of aromatic nitrogens is 2. The van der Waals surface area contributed by atoms with Crippen LogP contribution in [0, 0.1) is 5.92 Å². The lowest BCUT2D eigenvalue weighted by Gasteiger charge is -2.05. The summed E-state index contributed by atoms with van der Waals surface area (Å²) < 4.78 is 0. The molecule has 1 saturated carbocycles. The first-order valence-corrected chi connectivity index (χ1v) is 7.39. The van der Waals surface area contributed by atoms with Gasteiger partial charge >= 0.3 is 0 Å². The standard InChI is InChI=1S/C13H21N3S/c1-10(2)5-6-17-13-15-8-11(9-16-13)7-14-12-3-4-12/h8-10,12,14H,3-7H2,1-2H3. The second-order valence-corrected chi connectivity index (χ2v) is 6.12. The lowest BCUT2D eigenvalue weighted by molar-refractivity contribution is 0.631. The average Bonchev–Trinajstić information content (AvgIpc) is 3.11. The smallest absolute Gasteiger partial charge is 0.187 e. The lowest BCUT2D eigenvalue weighted by Crippen LogP contribution is -2.15. The molecule has 0 aliphatic heterocycles. The Morgan fingerprint density at radius 2 is 2.06 bits per heavy atom. The minimum atomic E-state index is 0.745. The summed E-state index contributed by atoms with van der Waals surface area (Å²) in [6.07, 6.45) is 7.76. The molecule has 0 spiro atoms. The highest BCUT2D eigenvalue weighted by atomic mass is 32.2. The number of hydrogen-bond acceptors (Lipinski definition) is 4. The fourth-order valence-electron chi connectivity index (χ4n) is 1.44. The highest BCUT2D eigenvalue weighted by Gasteiger charge is 2.19. The van der Waals surface area contributed by atoms with Gasteiger partial charge in [0, 0.05) is 36.3 Å². The minimum absolute atomic E-state index is 0.745. The number of hydrogen-bond donors (Lipinski definition) is 1. The molecule has 0 saturated heterocycles. The van der Waals surface area contributed by atoms with E-state index in [1.165, 1.54) is 24.8 Å². The summed E-state index contributed by atoms with van der Waals surface area (Å²) in [5, 5.41) is 4.37. The van der Waals surface area contributed by atoms with Crippen molar-refractivity contribution in [2.24, 2.45) is 5.92 Å². The summed E-state index contributed by atoms with van der Waals surface area (Å²) >= 11 is 1.75. The predicted molar refractivity (Wildman–Crippen MR) is 72.1 cm³/mol. The van der Waals surface area contributed by atoms with Crippen LogP contribution >= 0.6 is 11.8 Å². The molecule has 0 radical (unpaired) electrons. The van der Waals surface area contributed by atoms with Gasteiger partial charge in [-0.3, -0.25) is 0 Å². The zero-order chi connectivity index (χ0) is 12.1. The van der Waals surface area contributed by atoms with Crippen LogP contribution in [-0.2, 0) is 6.54 Å². The Labute approximate surface area is 108 Å². The fourth-order valence-corrected chi connectivity index (χ4v) is 2.47. The number of thioether (sulfide) groups is 1. The van der Waals surface area contributed by atoms with Crippen LogP contribution in [0.2, 0.25) is 0 Å². The van der Waals surface area contributed by atoms with E-state index in [4.69, 9.17) is 0 Å². The summed E-state index contributed by atoms with van der Waals surface area (Å²) in [5.74, 6) is 1.86. The molecular formula is C13H21N3S. The molecule has 1 N–H and O–H groups in total. The third kappa shape index (κ3) is 5.04. The zero-order valence-corrected chi connectivity index (χ0v) is 11.5. The van der Waals surface area contributed by atoms with E-state index in [-0.39, 0.29) is 0 Å². The van der Waals surface area contributed by atoms with E-state index in [9.17, 15) is 0 Å². The van der Waals surface area contributed by atoms with Crippen molar-refractivity contribution in [3.63, 3.8) is 0 Å².